The Bertz CT molecular complexity index is 694. The van der Waals surface area contributed by atoms with E-state index in [-0.39, 0.29) is 11.9 Å². The number of rotatable bonds is 7. The van der Waals surface area contributed by atoms with Crippen LogP contribution in [0.5, 0.6) is 0 Å². The zero-order valence-corrected chi connectivity index (χ0v) is 15.5. The molecule has 0 spiro atoms. The van der Waals surface area contributed by atoms with Crippen molar-refractivity contribution in [2.24, 2.45) is 5.92 Å². The summed E-state index contributed by atoms with van der Waals surface area (Å²) in [4.78, 5) is 12.7. The number of hydrogen-bond acceptors (Lipinski definition) is 3. The van der Waals surface area contributed by atoms with Crippen LogP contribution in [0.25, 0.3) is 11.3 Å². The minimum atomic E-state index is -0.166. The van der Waals surface area contributed by atoms with Crippen molar-refractivity contribution in [2.75, 3.05) is 0 Å². The van der Waals surface area contributed by atoms with Crippen molar-refractivity contribution < 1.29 is 9.32 Å². The maximum absolute atomic E-state index is 12.7. The molecular weight excluding hydrogens is 324 g/mol. The van der Waals surface area contributed by atoms with Gasteiger partial charge in [0.05, 0.1) is 5.02 Å². The highest BCUT2D eigenvalue weighted by molar-refractivity contribution is 6.33. The highest BCUT2D eigenvalue weighted by Gasteiger charge is 2.23. The summed E-state index contributed by atoms with van der Waals surface area (Å²) < 4.78 is 5.25. The van der Waals surface area contributed by atoms with E-state index in [0.29, 0.717) is 33.5 Å². The number of hydrogen-bond donors (Lipinski definition) is 1. The maximum Gasteiger partial charge on any atom is 0.257 e. The van der Waals surface area contributed by atoms with Gasteiger partial charge in [0.25, 0.3) is 5.91 Å². The fraction of sp³-hybridized carbons (Fsp3) is 0.474. The van der Waals surface area contributed by atoms with Gasteiger partial charge < -0.3 is 9.84 Å². The lowest BCUT2D eigenvalue weighted by Gasteiger charge is -2.14. The standard InChI is InChI=1S/C19H25ClN2O2/c1-12(2)8-7-9-13(3)21-19(23)17-14(4)24-22-18(17)15-10-5-6-11-16(15)20/h5-6,10-13H,7-9H2,1-4H3,(H,21,23). The molecular formula is C19H25ClN2O2. The van der Waals surface area contributed by atoms with E-state index in [1.807, 2.05) is 25.1 Å². The summed E-state index contributed by atoms with van der Waals surface area (Å²) in [5.74, 6) is 1.01. The van der Waals surface area contributed by atoms with Gasteiger partial charge in [0.15, 0.2) is 0 Å². The largest absolute Gasteiger partial charge is 0.360 e. The molecule has 1 aromatic heterocycles. The zero-order valence-electron chi connectivity index (χ0n) is 14.7. The lowest BCUT2D eigenvalue weighted by atomic mass is 10.0. The number of halogens is 1. The Kier molecular flexibility index (Phi) is 6.44. The smallest absolute Gasteiger partial charge is 0.257 e. The van der Waals surface area contributed by atoms with Gasteiger partial charge in [-0.2, -0.15) is 0 Å². The van der Waals surface area contributed by atoms with Crippen LogP contribution in [-0.2, 0) is 0 Å². The van der Waals surface area contributed by atoms with E-state index in [2.05, 4.69) is 24.3 Å². The maximum atomic E-state index is 12.7. The first kappa shape index (κ1) is 18.5. The van der Waals surface area contributed by atoms with Gasteiger partial charge >= 0.3 is 0 Å². The fourth-order valence-corrected chi connectivity index (χ4v) is 2.90. The van der Waals surface area contributed by atoms with Gasteiger partial charge in [0.2, 0.25) is 0 Å². The first-order valence-corrected chi connectivity index (χ1v) is 8.80. The summed E-state index contributed by atoms with van der Waals surface area (Å²) in [6.07, 6.45) is 3.21. The molecule has 2 rings (SSSR count). The Morgan fingerprint density at radius 3 is 2.62 bits per heavy atom. The van der Waals surface area contributed by atoms with Crippen LogP contribution in [0.4, 0.5) is 0 Å². The number of benzene rings is 1. The molecule has 1 aromatic carbocycles. The molecule has 2 aromatic rings. The molecule has 0 aliphatic carbocycles. The molecule has 0 fully saturated rings. The number of nitrogens with one attached hydrogen (secondary N) is 1. The topological polar surface area (TPSA) is 55.1 Å². The Labute approximate surface area is 148 Å². The minimum Gasteiger partial charge on any atom is -0.360 e. The first-order chi connectivity index (χ1) is 11.4. The third-order valence-corrected chi connectivity index (χ3v) is 4.34. The zero-order chi connectivity index (χ0) is 17.7. The van der Waals surface area contributed by atoms with Crippen molar-refractivity contribution in [2.45, 2.75) is 53.0 Å². The third-order valence-electron chi connectivity index (χ3n) is 4.01. The highest BCUT2D eigenvalue weighted by Crippen LogP contribution is 2.31. The average molecular weight is 349 g/mol. The van der Waals surface area contributed by atoms with Crippen LogP contribution in [0.1, 0.15) is 56.2 Å². The van der Waals surface area contributed by atoms with Crippen molar-refractivity contribution in [1.29, 1.82) is 0 Å². The molecule has 4 nitrogen and oxygen atoms in total. The molecule has 1 unspecified atom stereocenters. The number of carbonyl (C=O) groups excluding carboxylic acids is 1. The molecule has 0 bridgehead atoms. The molecule has 1 N–H and O–H groups in total. The van der Waals surface area contributed by atoms with E-state index in [1.165, 1.54) is 0 Å². The molecule has 24 heavy (non-hydrogen) atoms. The molecule has 0 aliphatic rings. The number of carbonyl (C=O) groups is 1. The SMILES string of the molecule is Cc1onc(-c2ccccc2Cl)c1C(=O)NC(C)CCCC(C)C. The Morgan fingerprint density at radius 1 is 1.25 bits per heavy atom. The van der Waals surface area contributed by atoms with Gasteiger partial charge in [-0.05, 0) is 32.3 Å². The molecule has 1 heterocycles. The van der Waals surface area contributed by atoms with Gasteiger partial charge in [-0.3, -0.25) is 4.79 Å². The predicted octanol–water partition coefficient (Wildman–Crippen LogP) is 5.25. The summed E-state index contributed by atoms with van der Waals surface area (Å²) >= 11 is 6.24. The summed E-state index contributed by atoms with van der Waals surface area (Å²) in [6, 6.07) is 7.42. The second-order valence-corrected chi connectivity index (χ2v) is 7.05. The van der Waals surface area contributed by atoms with Gasteiger partial charge in [0.1, 0.15) is 17.0 Å². The lowest BCUT2D eigenvalue weighted by molar-refractivity contribution is 0.0937. The number of nitrogens with zero attached hydrogens (tertiary/aromatic N) is 1. The lowest BCUT2D eigenvalue weighted by Crippen LogP contribution is -2.33. The summed E-state index contributed by atoms with van der Waals surface area (Å²) in [5, 5.41) is 7.63. The second-order valence-electron chi connectivity index (χ2n) is 6.64. The summed E-state index contributed by atoms with van der Waals surface area (Å²) in [7, 11) is 0. The Morgan fingerprint density at radius 2 is 1.96 bits per heavy atom. The average Bonchev–Trinajstić information content (AvgIpc) is 2.89. The number of amides is 1. The molecule has 1 amide bonds. The van der Waals surface area contributed by atoms with Crippen LogP contribution in [0, 0.1) is 12.8 Å². The van der Waals surface area contributed by atoms with Gasteiger partial charge in [0, 0.05) is 11.6 Å². The van der Waals surface area contributed by atoms with E-state index in [1.54, 1.807) is 13.0 Å². The third kappa shape index (κ3) is 4.60. The molecule has 0 radical (unpaired) electrons. The molecule has 130 valence electrons. The number of aromatic nitrogens is 1. The fourth-order valence-electron chi connectivity index (χ4n) is 2.68. The Hall–Kier alpha value is -1.81. The Balaban J connectivity index is 2.13. The van der Waals surface area contributed by atoms with Gasteiger partial charge in [-0.25, -0.2) is 0 Å². The first-order valence-electron chi connectivity index (χ1n) is 8.42. The van der Waals surface area contributed by atoms with E-state index < -0.39 is 0 Å². The van der Waals surface area contributed by atoms with Crippen LogP contribution in [0.15, 0.2) is 28.8 Å². The molecule has 0 saturated heterocycles. The normalized spacial score (nSPS) is 12.4. The predicted molar refractivity (Wildman–Crippen MR) is 97.3 cm³/mol. The molecule has 0 saturated carbocycles. The monoisotopic (exact) mass is 348 g/mol. The second kappa shape index (κ2) is 8.34. The summed E-state index contributed by atoms with van der Waals surface area (Å²) in [5.41, 5.74) is 1.65. The van der Waals surface area contributed by atoms with Crippen LogP contribution in [0.3, 0.4) is 0 Å². The van der Waals surface area contributed by atoms with Crippen molar-refractivity contribution in [3.8, 4) is 11.3 Å². The summed E-state index contributed by atoms with van der Waals surface area (Å²) in [6.45, 7) is 8.18. The van der Waals surface area contributed by atoms with Crippen molar-refractivity contribution >= 4 is 17.5 Å². The van der Waals surface area contributed by atoms with E-state index >= 15 is 0 Å². The van der Waals surface area contributed by atoms with Crippen LogP contribution in [0.2, 0.25) is 5.02 Å². The number of aryl methyl sites for hydroxylation is 1. The van der Waals surface area contributed by atoms with E-state index in [0.717, 1.165) is 19.3 Å². The van der Waals surface area contributed by atoms with E-state index in [9.17, 15) is 4.79 Å². The van der Waals surface area contributed by atoms with Crippen LogP contribution >= 0.6 is 11.6 Å². The quantitative estimate of drug-likeness (QED) is 0.743. The molecule has 0 aliphatic heterocycles. The van der Waals surface area contributed by atoms with Crippen LogP contribution in [-0.4, -0.2) is 17.1 Å². The highest BCUT2D eigenvalue weighted by atomic mass is 35.5. The van der Waals surface area contributed by atoms with Gasteiger partial charge in [-0.15, -0.1) is 0 Å². The van der Waals surface area contributed by atoms with E-state index in [4.69, 9.17) is 16.1 Å². The van der Waals surface area contributed by atoms with Crippen molar-refractivity contribution in [3.05, 3.63) is 40.6 Å². The molecule has 5 heteroatoms. The molecule has 1 atom stereocenters. The van der Waals surface area contributed by atoms with Crippen molar-refractivity contribution in [3.63, 3.8) is 0 Å². The van der Waals surface area contributed by atoms with Crippen molar-refractivity contribution in [1.82, 2.24) is 10.5 Å². The minimum absolute atomic E-state index is 0.102. The van der Waals surface area contributed by atoms with Crippen LogP contribution < -0.4 is 5.32 Å². The van der Waals surface area contributed by atoms with Gasteiger partial charge in [-0.1, -0.05) is 61.6 Å².